The number of carbonyl (C=O) groups excluding carboxylic acids is 1. The molecule has 0 aliphatic carbocycles. The quantitative estimate of drug-likeness (QED) is 0.448. The van der Waals surface area contributed by atoms with E-state index in [4.69, 9.17) is 11.5 Å². The molecule has 0 radical (unpaired) electrons. The van der Waals surface area contributed by atoms with Crippen molar-refractivity contribution in [3.63, 3.8) is 0 Å². The van der Waals surface area contributed by atoms with Crippen LogP contribution in [0.2, 0.25) is 0 Å². The second-order valence-electron chi connectivity index (χ2n) is 2.98. The van der Waals surface area contributed by atoms with Crippen molar-refractivity contribution in [1.82, 2.24) is 4.72 Å². The van der Waals surface area contributed by atoms with Crippen molar-refractivity contribution in [2.45, 2.75) is 19.4 Å². The zero-order chi connectivity index (χ0) is 13.5. The number of rotatable bonds is 7. The first-order valence-electron chi connectivity index (χ1n) is 4.64. The van der Waals surface area contributed by atoms with E-state index < -0.39 is 33.8 Å². The molecule has 0 aromatic heterocycles. The highest BCUT2D eigenvalue weighted by molar-refractivity contribution is 7.90. The third kappa shape index (κ3) is 6.55. The second kappa shape index (κ2) is 6.88. The highest BCUT2D eigenvalue weighted by Gasteiger charge is 2.25. The van der Waals surface area contributed by atoms with Gasteiger partial charge in [0.05, 0.1) is 6.61 Å². The van der Waals surface area contributed by atoms with E-state index in [9.17, 15) is 18.0 Å². The van der Waals surface area contributed by atoms with Crippen molar-refractivity contribution in [3.05, 3.63) is 0 Å². The first-order valence-corrected chi connectivity index (χ1v) is 6.29. The zero-order valence-corrected chi connectivity index (χ0v) is 9.99. The molecule has 0 saturated carbocycles. The summed E-state index contributed by atoms with van der Waals surface area (Å²) in [4.78, 5) is 21.6. The lowest BCUT2D eigenvalue weighted by Gasteiger charge is -2.11. The van der Waals surface area contributed by atoms with Crippen molar-refractivity contribution >= 4 is 22.0 Å². The molecule has 17 heavy (non-hydrogen) atoms. The molecule has 8 heteroatoms. The molecule has 0 aliphatic heterocycles. The van der Waals surface area contributed by atoms with Crippen LogP contribution in [-0.2, 0) is 24.3 Å². The van der Waals surface area contributed by atoms with E-state index >= 15 is 0 Å². The standard InChI is InChI=1S/C9H13NO6S/c1-3-5-7(9(12)13)10-17(14,15)6-8(11)16-4-2/h1,7,10H,4-6H2,2H3,(H,12,13). The van der Waals surface area contributed by atoms with Crippen LogP contribution in [-0.4, -0.2) is 43.9 Å². The predicted octanol–water partition coefficient (Wildman–Crippen LogP) is -1.05. The number of sulfonamides is 1. The molecule has 0 saturated heterocycles. The average molecular weight is 263 g/mol. The van der Waals surface area contributed by atoms with Crippen LogP contribution in [0.3, 0.4) is 0 Å². The fourth-order valence-corrected chi connectivity index (χ4v) is 2.01. The summed E-state index contributed by atoms with van der Waals surface area (Å²) in [5, 5.41) is 8.67. The minimum atomic E-state index is -4.07. The van der Waals surface area contributed by atoms with E-state index in [1.54, 1.807) is 0 Å². The van der Waals surface area contributed by atoms with Gasteiger partial charge in [-0.25, -0.2) is 8.42 Å². The van der Waals surface area contributed by atoms with Gasteiger partial charge in [0.1, 0.15) is 6.04 Å². The smallest absolute Gasteiger partial charge is 0.322 e. The van der Waals surface area contributed by atoms with Crippen molar-refractivity contribution in [2.24, 2.45) is 0 Å². The molecule has 96 valence electrons. The van der Waals surface area contributed by atoms with Crippen LogP contribution >= 0.6 is 0 Å². The van der Waals surface area contributed by atoms with Crippen LogP contribution in [0.5, 0.6) is 0 Å². The van der Waals surface area contributed by atoms with Crippen molar-refractivity contribution in [2.75, 3.05) is 12.4 Å². The lowest BCUT2D eigenvalue weighted by molar-refractivity contribution is -0.140. The lowest BCUT2D eigenvalue weighted by atomic mass is 10.2. The Morgan fingerprint density at radius 3 is 2.53 bits per heavy atom. The van der Waals surface area contributed by atoms with Gasteiger partial charge in [-0.3, -0.25) is 9.59 Å². The summed E-state index contributed by atoms with van der Waals surface area (Å²) in [5.41, 5.74) is 0. The van der Waals surface area contributed by atoms with Gasteiger partial charge in [-0.2, -0.15) is 4.72 Å². The molecule has 1 unspecified atom stereocenters. The number of terminal acetylenes is 1. The fraction of sp³-hybridized carbons (Fsp3) is 0.556. The van der Waals surface area contributed by atoms with E-state index in [1.165, 1.54) is 6.92 Å². The molecule has 0 heterocycles. The Kier molecular flexibility index (Phi) is 6.23. The van der Waals surface area contributed by atoms with Crippen LogP contribution in [0.1, 0.15) is 13.3 Å². The molecule has 2 N–H and O–H groups in total. The number of carboxylic acid groups (broad SMARTS) is 1. The monoisotopic (exact) mass is 263 g/mol. The van der Waals surface area contributed by atoms with E-state index in [2.05, 4.69) is 4.74 Å². The molecular formula is C9H13NO6S. The molecule has 1 atom stereocenters. The summed E-state index contributed by atoms with van der Waals surface area (Å²) in [7, 11) is -4.07. The third-order valence-corrected chi connectivity index (χ3v) is 2.81. The van der Waals surface area contributed by atoms with Crippen LogP contribution in [0.15, 0.2) is 0 Å². The molecule has 0 bridgehead atoms. The van der Waals surface area contributed by atoms with Gasteiger partial charge in [0, 0.05) is 6.42 Å². The van der Waals surface area contributed by atoms with Crippen LogP contribution in [0.25, 0.3) is 0 Å². The Morgan fingerprint density at radius 1 is 1.53 bits per heavy atom. The van der Waals surface area contributed by atoms with Crippen molar-refractivity contribution < 1.29 is 27.9 Å². The Labute approximate surface area is 99.2 Å². The van der Waals surface area contributed by atoms with Crippen molar-refractivity contribution in [1.29, 1.82) is 0 Å². The highest BCUT2D eigenvalue weighted by Crippen LogP contribution is 1.96. The van der Waals surface area contributed by atoms with E-state index in [0.717, 1.165) is 0 Å². The number of esters is 1. The van der Waals surface area contributed by atoms with Crippen LogP contribution in [0, 0.1) is 12.3 Å². The maximum atomic E-state index is 11.4. The van der Waals surface area contributed by atoms with Gasteiger partial charge in [-0.05, 0) is 6.92 Å². The predicted molar refractivity (Wildman–Crippen MR) is 58.4 cm³/mol. The maximum absolute atomic E-state index is 11.4. The molecule has 0 aromatic rings. The molecule has 0 rings (SSSR count). The van der Waals surface area contributed by atoms with E-state index in [1.807, 2.05) is 10.6 Å². The molecule has 0 aromatic carbocycles. The SMILES string of the molecule is C#CCC(NS(=O)(=O)CC(=O)OCC)C(=O)O. The molecular weight excluding hydrogens is 250 g/mol. The third-order valence-electron chi connectivity index (χ3n) is 1.56. The number of carboxylic acids is 1. The molecule has 0 fully saturated rings. The first-order chi connectivity index (χ1) is 7.82. The van der Waals surface area contributed by atoms with E-state index in [-0.39, 0.29) is 13.0 Å². The highest BCUT2D eigenvalue weighted by atomic mass is 32.2. The maximum Gasteiger partial charge on any atom is 0.322 e. The van der Waals surface area contributed by atoms with Crippen LogP contribution in [0.4, 0.5) is 0 Å². The largest absolute Gasteiger partial charge is 0.480 e. The normalized spacial score (nSPS) is 12.5. The average Bonchev–Trinajstić information content (AvgIpc) is 2.15. The summed E-state index contributed by atoms with van der Waals surface area (Å²) in [6.07, 6.45) is 4.59. The summed E-state index contributed by atoms with van der Waals surface area (Å²) in [6.45, 7) is 1.57. The Hall–Kier alpha value is -1.59. The zero-order valence-electron chi connectivity index (χ0n) is 9.17. The lowest BCUT2D eigenvalue weighted by Crippen LogP contribution is -2.43. The Balaban J connectivity index is 4.57. The van der Waals surface area contributed by atoms with Gasteiger partial charge in [-0.15, -0.1) is 12.3 Å². The van der Waals surface area contributed by atoms with Crippen LogP contribution < -0.4 is 4.72 Å². The minimum Gasteiger partial charge on any atom is -0.480 e. The summed E-state index contributed by atoms with van der Waals surface area (Å²) in [5.74, 6) is -1.27. The summed E-state index contributed by atoms with van der Waals surface area (Å²) >= 11 is 0. The van der Waals surface area contributed by atoms with Gasteiger partial charge < -0.3 is 9.84 Å². The molecule has 0 aliphatic rings. The molecule has 0 amide bonds. The number of carbonyl (C=O) groups is 2. The van der Waals surface area contributed by atoms with Gasteiger partial charge in [0.25, 0.3) is 0 Å². The van der Waals surface area contributed by atoms with E-state index in [0.29, 0.717) is 0 Å². The Morgan fingerprint density at radius 2 is 2.12 bits per heavy atom. The van der Waals surface area contributed by atoms with Crippen molar-refractivity contribution in [3.8, 4) is 12.3 Å². The number of hydrogen-bond donors (Lipinski definition) is 2. The van der Waals surface area contributed by atoms with Gasteiger partial charge in [0.15, 0.2) is 5.75 Å². The number of hydrogen-bond acceptors (Lipinski definition) is 5. The molecule has 0 spiro atoms. The first kappa shape index (κ1) is 15.4. The summed E-state index contributed by atoms with van der Waals surface area (Å²) in [6, 6.07) is -1.44. The Bertz CT molecular complexity index is 421. The van der Waals surface area contributed by atoms with Gasteiger partial charge in [-0.1, -0.05) is 0 Å². The second-order valence-corrected chi connectivity index (χ2v) is 4.73. The number of aliphatic carboxylic acids is 1. The molecule has 7 nitrogen and oxygen atoms in total. The number of ether oxygens (including phenoxy) is 1. The van der Waals surface area contributed by atoms with Gasteiger partial charge in [0.2, 0.25) is 10.0 Å². The summed E-state index contributed by atoms with van der Waals surface area (Å²) < 4.78 is 29.0. The topological polar surface area (TPSA) is 110 Å². The van der Waals surface area contributed by atoms with Gasteiger partial charge >= 0.3 is 11.9 Å². The fourth-order valence-electron chi connectivity index (χ4n) is 0.913. The minimum absolute atomic E-state index is 0.0427. The number of nitrogens with one attached hydrogen (secondary N) is 1.